The molecule has 0 aliphatic heterocycles. The van der Waals surface area contributed by atoms with Crippen LogP contribution in [-0.2, 0) is 24.5 Å². The van der Waals surface area contributed by atoms with Crippen molar-refractivity contribution < 1.29 is 23.9 Å². The summed E-state index contributed by atoms with van der Waals surface area (Å²) in [7, 11) is 0. The zero-order valence-corrected chi connectivity index (χ0v) is 20.4. The molecule has 0 spiro atoms. The number of carbonyl (C=O) groups is 3. The van der Waals surface area contributed by atoms with Crippen LogP contribution in [0.4, 0.5) is 4.79 Å². The van der Waals surface area contributed by atoms with E-state index in [0.29, 0.717) is 0 Å². The second-order valence-electron chi connectivity index (χ2n) is 9.01. The molecule has 1 unspecified atom stereocenters. The highest BCUT2D eigenvalue weighted by Gasteiger charge is 2.23. The van der Waals surface area contributed by atoms with E-state index in [-0.39, 0.29) is 25.0 Å². The van der Waals surface area contributed by atoms with Crippen molar-refractivity contribution in [3.8, 4) is 0 Å². The molecule has 0 bridgehead atoms. The molecule has 0 fully saturated rings. The van der Waals surface area contributed by atoms with E-state index in [1.54, 1.807) is 27.7 Å². The first-order chi connectivity index (χ1) is 13.7. The number of amides is 2. The van der Waals surface area contributed by atoms with Gasteiger partial charge in [0.25, 0.3) is 0 Å². The van der Waals surface area contributed by atoms with Crippen LogP contribution in [0.15, 0.2) is 22.7 Å². The summed E-state index contributed by atoms with van der Waals surface area (Å²) in [6.45, 7) is 13.2. The number of nitrogens with one attached hydrogen (secondary N) is 2. The molecule has 0 saturated heterocycles. The normalized spacial score (nSPS) is 12.7. The van der Waals surface area contributed by atoms with Gasteiger partial charge in [0, 0.05) is 4.47 Å². The third kappa shape index (κ3) is 9.61. The van der Waals surface area contributed by atoms with Crippen molar-refractivity contribution >= 4 is 33.9 Å². The Kier molecular flexibility index (Phi) is 9.34. The number of hydrogen-bond acceptors (Lipinski definition) is 5. The van der Waals surface area contributed by atoms with Gasteiger partial charge < -0.3 is 20.1 Å². The zero-order chi connectivity index (χ0) is 23.1. The maximum absolute atomic E-state index is 12.5. The monoisotopic (exact) mass is 484 g/mol. The van der Waals surface area contributed by atoms with E-state index in [0.717, 1.165) is 15.6 Å². The van der Waals surface area contributed by atoms with Gasteiger partial charge in [-0.05, 0) is 56.4 Å². The number of esters is 1. The molecular formula is C22H33BrN2O5. The summed E-state index contributed by atoms with van der Waals surface area (Å²) >= 11 is 3.51. The maximum Gasteiger partial charge on any atom is 0.408 e. The summed E-state index contributed by atoms with van der Waals surface area (Å²) < 4.78 is 11.0. The molecule has 0 heterocycles. The first-order valence-electron chi connectivity index (χ1n) is 9.94. The maximum atomic E-state index is 12.5. The number of alkyl carbamates (subject to hydrolysis) is 1. The molecular weight excluding hydrogens is 452 g/mol. The van der Waals surface area contributed by atoms with Crippen molar-refractivity contribution in [3.05, 3.63) is 33.8 Å². The minimum atomic E-state index is -0.683. The van der Waals surface area contributed by atoms with E-state index >= 15 is 0 Å². The third-order valence-electron chi connectivity index (χ3n) is 3.99. The summed E-state index contributed by atoms with van der Waals surface area (Å²) in [6.07, 6.45) is -0.705. The van der Waals surface area contributed by atoms with Crippen LogP contribution in [0.3, 0.4) is 0 Å². The van der Waals surface area contributed by atoms with E-state index in [9.17, 15) is 14.4 Å². The molecule has 0 aliphatic rings. The lowest BCUT2D eigenvalue weighted by Crippen LogP contribution is -2.41. The molecule has 1 aromatic rings. The Morgan fingerprint density at radius 1 is 1.07 bits per heavy atom. The summed E-state index contributed by atoms with van der Waals surface area (Å²) in [5, 5.41) is 5.24. The quantitative estimate of drug-likeness (QED) is 0.559. The Labute approximate surface area is 187 Å². The van der Waals surface area contributed by atoms with Gasteiger partial charge in [0.1, 0.15) is 12.1 Å². The first kappa shape index (κ1) is 25.9. The van der Waals surface area contributed by atoms with Gasteiger partial charge in [0.15, 0.2) is 0 Å². The van der Waals surface area contributed by atoms with E-state index in [1.807, 2.05) is 18.2 Å². The predicted molar refractivity (Wildman–Crippen MR) is 119 cm³/mol. The fourth-order valence-corrected chi connectivity index (χ4v) is 3.11. The van der Waals surface area contributed by atoms with Crippen LogP contribution in [-0.4, -0.2) is 36.7 Å². The number of carbonyl (C=O) groups excluding carboxylic acids is 3. The Morgan fingerprint density at radius 3 is 2.23 bits per heavy atom. The van der Waals surface area contributed by atoms with Crippen LogP contribution >= 0.6 is 15.9 Å². The Morgan fingerprint density at radius 2 is 1.70 bits per heavy atom. The molecule has 2 amide bonds. The van der Waals surface area contributed by atoms with Crippen molar-refractivity contribution in [1.29, 1.82) is 0 Å². The lowest BCUT2D eigenvalue weighted by atomic mass is 9.85. The van der Waals surface area contributed by atoms with E-state index in [4.69, 9.17) is 9.47 Å². The van der Waals surface area contributed by atoms with Crippen molar-refractivity contribution in [1.82, 2.24) is 10.6 Å². The van der Waals surface area contributed by atoms with Crippen LogP contribution in [0.1, 0.15) is 72.1 Å². The topological polar surface area (TPSA) is 93.7 Å². The molecule has 1 atom stereocenters. The predicted octanol–water partition coefficient (Wildman–Crippen LogP) is 4.38. The average Bonchev–Trinajstić information content (AvgIpc) is 2.57. The van der Waals surface area contributed by atoms with Crippen molar-refractivity contribution in [2.24, 2.45) is 0 Å². The van der Waals surface area contributed by atoms with Crippen LogP contribution in [0.2, 0.25) is 0 Å². The summed E-state index contributed by atoms with van der Waals surface area (Å²) in [6, 6.07) is 5.24. The highest BCUT2D eigenvalue weighted by Crippen LogP contribution is 2.30. The third-order valence-corrected chi connectivity index (χ3v) is 4.45. The Hall–Kier alpha value is -2.09. The molecule has 2 N–H and O–H groups in total. The number of halogens is 1. The lowest BCUT2D eigenvalue weighted by Gasteiger charge is -2.24. The molecule has 1 aromatic carbocycles. The van der Waals surface area contributed by atoms with Crippen LogP contribution in [0.25, 0.3) is 0 Å². The van der Waals surface area contributed by atoms with E-state index in [1.165, 1.54) is 0 Å². The van der Waals surface area contributed by atoms with Crippen LogP contribution in [0.5, 0.6) is 0 Å². The number of benzene rings is 1. The number of rotatable bonds is 7. The molecule has 0 aromatic heterocycles. The first-order valence-corrected chi connectivity index (χ1v) is 10.7. The van der Waals surface area contributed by atoms with Crippen LogP contribution < -0.4 is 10.6 Å². The lowest BCUT2D eigenvalue weighted by molar-refractivity contribution is -0.143. The largest absolute Gasteiger partial charge is 0.466 e. The minimum Gasteiger partial charge on any atom is -0.466 e. The van der Waals surface area contributed by atoms with Crippen molar-refractivity contribution in [3.63, 3.8) is 0 Å². The minimum absolute atomic E-state index is 0.0218. The van der Waals surface area contributed by atoms with Gasteiger partial charge in [-0.3, -0.25) is 9.59 Å². The molecule has 7 nitrogen and oxygen atoms in total. The highest BCUT2D eigenvalue weighted by molar-refractivity contribution is 9.10. The number of ether oxygens (including phenoxy) is 2. The van der Waals surface area contributed by atoms with E-state index < -0.39 is 29.6 Å². The van der Waals surface area contributed by atoms with Gasteiger partial charge in [0.05, 0.1) is 19.1 Å². The fraction of sp³-hybridized carbons (Fsp3) is 0.591. The average molecular weight is 485 g/mol. The van der Waals surface area contributed by atoms with Gasteiger partial charge in [-0.2, -0.15) is 0 Å². The van der Waals surface area contributed by atoms with Crippen molar-refractivity contribution in [2.45, 2.75) is 71.9 Å². The van der Waals surface area contributed by atoms with E-state index in [2.05, 4.69) is 47.3 Å². The van der Waals surface area contributed by atoms with Crippen LogP contribution in [0, 0.1) is 0 Å². The molecule has 0 radical (unpaired) electrons. The Balaban J connectivity index is 2.99. The summed E-state index contributed by atoms with van der Waals surface area (Å²) in [5.74, 6) is -0.854. The molecule has 8 heteroatoms. The molecule has 30 heavy (non-hydrogen) atoms. The SMILES string of the molecule is CCOC(=O)CC(NC(=O)CNC(=O)OC(C)(C)C)c1cc(Br)cc(C(C)(C)C)c1. The van der Waals surface area contributed by atoms with Gasteiger partial charge in [-0.25, -0.2) is 4.79 Å². The Bertz CT molecular complexity index is 766. The van der Waals surface area contributed by atoms with Gasteiger partial charge >= 0.3 is 12.1 Å². The summed E-state index contributed by atoms with van der Waals surface area (Å²) in [5.41, 5.74) is 1.05. The standard InChI is InChI=1S/C22H33BrN2O5/c1-8-29-19(27)12-17(14-9-15(21(2,3)4)11-16(23)10-14)25-18(26)13-24-20(28)30-22(5,6)7/h9-11,17H,8,12-13H2,1-7H3,(H,24,28)(H,25,26). The second-order valence-corrected chi connectivity index (χ2v) is 9.92. The molecule has 168 valence electrons. The van der Waals surface area contributed by atoms with Gasteiger partial charge in [-0.1, -0.05) is 42.8 Å². The van der Waals surface area contributed by atoms with Gasteiger partial charge in [0.2, 0.25) is 5.91 Å². The van der Waals surface area contributed by atoms with Crippen molar-refractivity contribution in [2.75, 3.05) is 13.2 Å². The highest BCUT2D eigenvalue weighted by atomic mass is 79.9. The fourth-order valence-electron chi connectivity index (χ4n) is 2.60. The number of hydrogen-bond donors (Lipinski definition) is 2. The zero-order valence-electron chi connectivity index (χ0n) is 18.8. The molecule has 1 rings (SSSR count). The van der Waals surface area contributed by atoms with Gasteiger partial charge in [-0.15, -0.1) is 0 Å². The molecule has 0 aliphatic carbocycles. The smallest absolute Gasteiger partial charge is 0.408 e. The summed E-state index contributed by atoms with van der Waals surface area (Å²) in [4.78, 5) is 36.4. The second kappa shape index (κ2) is 10.8. The molecule has 0 saturated carbocycles.